The molecule has 0 unspecified atom stereocenters. The Hall–Kier alpha value is -2.47. The van der Waals surface area contributed by atoms with Crippen molar-refractivity contribution in [3.63, 3.8) is 0 Å². The molecule has 1 fully saturated rings. The van der Waals surface area contributed by atoms with E-state index in [2.05, 4.69) is 16.9 Å². The first-order chi connectivity index (χ1) is 11.6. The highest BCUT2D eigenvalue weighted by Crippen LogP contribution is 2.20. The largest absolute Gasteiger partial charge is 0.439 e. The zero-order valence-corrected chi connectivity index (χ0v) is 13.6. The van der Waals surface area contributed by atoms with Gasteiger partial charge in [0.1, 0.15) is 11.6 Å². The number of carbonyl (C=O) groups excluding carboxylic acids is 1. The standard InChI is InChI=1S/C18H20FN3O2/c1-21-9-2-10-22(12-11-21)18(23)14-3-8-17(20-13-14)24-16-6-4-15(19)5-7-16/h3-8,13H,2,9-12H2,1H3. The maximum Gasteiger partial charge on any atom is 0.255 e. The lowest BCUT2D eigenvalue weighted by atomic mass is 10.2. The summed E-state index contributed by atoms with van der Waals surface area (Å²) in [5.74, 6) is 0.540. The smallest absolute Gasteiger partial charge is 0.255 e. The van der Waals surface area contributed by atoms with E-state index in [9.17, 15) is 9.18 Å². The van der Waals surface area contributed by atoms with Crippen LogP contribution in [0.25, 0.3) is 0 Å². The van der Waals surface area contributed by atoms with Gasteiger partial charge in [-0.3, -0.25) is 4.79 Å². The van der Waals surface area contributed by atoms with Gasteiger partial charge in [-0.05, 0) is 50.3 Å². The SMILES string of the molecule is CN1CCCN(C(=O)c2ccc(Oc3ccc(F)cc3)nc2)CC1. The lowest BCUT2D eigenvalue weighted by Crippen LogP contribution is -2.34. The molecular weight excluding hydrogens is 309 g/mol. The van der Waals surface area contributed by atoms with Crippen molar-refractivity contribution in [1.82, 2.24) is 14.8 Å². The van der Waals surface area contributed by atoms with Gasteiger partial charge >= 0.3 is 0 Å². The van der Waals surface area contributed by atoms with Crippen LogP contribution in [0.15, 0.2) is 42.6 Å². The third-order valence-electron chi connectivity index (χ3n) is 4.03. The van der Waals surface area contributed by atoms with Gasteiger partial charge in [-0.2, -0.15) is 0 Å². The zero-order valence-electron chi connectivity index (χ0n) is 13.6. The van der Waals surface area contributed by atoms with Gasteiger partial charge in [0.15, 0.2) is 0 Å². The second kappa shape index (κ2) is 7.40. The highest BCUT2D eigenvalue weighted by Gasteiger charge is 2.19. The maximum atomic E-state index is 12.9. The van der Waals surface area contributed by atoms with Gasteiger partial charge in [-0.1, -0.05) is 0 Å². The van der Waals surface area contributed by atoms with Gasteiger partial charge < -0.3 is 14.5 Å². The minimum Gasteiger partial charge on any atom is -0.439 e. The first-order valence-electron chi connectivity index (χ1n) is 7.99. The third kappa shape index (κ3) is 4.08. The molecule has 0 atom stereocenters. The molecule has 0 aliphatic carbocycles. The van der Waals surface area contributed by atoms with Crippen LogP contribution in [0.2, 0.25) is 0 Å². The molecule has 3 rings (SSSR count). The molecule has 1 saturated heterocycles. The van der Waals surface area contributed by atoms with Crippen molar-refractivity contribution < 1.29 is 13.9 Å². The fraction of sp³-hybridized carbons (Fsp3) is 0.333. The van der Waals surface area contributed by atoms with Gasteiger partial charge in [-0.25, -0.2) is 9.37 Å². The molecule has 0 spiro atoms. The second-order valence-electron chi connectivity index (χ2n) is 5.89. The summed E-state index contributed by atoms with van der Waals surface area (Å²) in [7, 11) is 2.07. The van der Waals surface area contributed by atoms with E-state index in [1.807, 2.05) is 4.90 Å². The normalized spacial score (nSPS) is 15.8. The molecule has 24 heavy (non-hydrogen) atoms. The highest BCUT2D eigenvalue weighted by atomic mass is 19.1. The number of amides is 1. The van der Waals surface area contributed by atoms with Crippen molar-refractivity contribution in [3.05, 3.63) is 54.0 Å². The quantitative estimate of drug-likeness (QED) is 0.869. The van der Waals surface area contributed by atoms with Gasteiger partial charge in [0.2, 0.25) is 5.88 Å². The molecule has 6 heteroatoms. The number of hydrogen-bond acceptors (Lipinski definition) is 4. The number of halogens is 1. The Bertz CT molecular complexity index is 688. The zero-order chi connectivity index (χ0) is 16.9. The number of likely N-dealkylation sites (N-methyl/N-ethyl adjacent to an activating group) is 1. The van der Waals surface area contributed by atoms with Crippen molar-refractivity contribution in [2.45, 2.75) is 6.42 Å². The lowest BCUT2D eigenvalue weighted by Gasteiger charge is -2.20. The minimum atomic E-state index is -0.320. The molecule has 2 heterocycles. The molecular formula is C18H20FN3O2. The van der Waals surface area contributed by atoms with Gasteiger partial charge in [0.05, 0.1) is 5.56 Å². The number of hydrogen-bond donors (Lipinski definition) is 0. The van der Waals surface area contributed by atoms with Crippen LogP contribution in [0.3, 0.4) is 0 Å². The van der Waals surface area contributed by atoms with E-state index < -0.39 is 0 Å². The van der Waals surface area contributed by atoms with E-state index >= 15 is 0 Å². The molecule has 0 radical (unpaired) electrons. The van der Waals surface area contributed by atoms with Crippen LogP contribution >= 0.6 is 0 Å². The Morgan fingerprint density at radius 3 is 2.58 bits per heavy atom. The van der Waals surface area contributed by atoms with Crippen LogP contribution in [0.1, 0.15) is 16.8 Å². The highest BCUT2D eigenvalue weighted by molar-refractivity contribution is 5.94. The fourth-order valence-electron chi connectivity index (χ4n) is 2.62. The molecule has 126 valence electrons. The molecule has 1 amide bonds. The van der Waals surface area contributed by atoms with Crippen molar-refractivity contribution >= 4 is 5.91 Å². The molecule has 2 aromatic rings. The summed E-state index contributed by atoms with van der Waals surface area (Å²) in [6.45, 7) is 3.37. The Balaban J connectivity index is 1.65. The van der Waals surface area contributed by atoms with Gasteiger partial charge in [0, 0.05) is 31.9 Å². The average molecular weight is 329 g/mol. The van der Waals surface area contributed by atoms with E-state index in [1.54, 1.807) is 12.1 Å². The summed E-state index contributed by atoms with van der Waals surface area (Å²) in [5, 5.41) is 0. The molecule has 1 aliphatic rings. The number of benzene rings is 1. The Labute approximate surface area is 140 Å². The number of rotatable bonds is 3. The van der Waals surface area contributed by atoms with Crippen LogP contribution in [0.5, 0.6) is 11.6 Å². The number of ether oxygens (including phenoxy) is 1. The van der Waals surface area contributed by atoms with Crippen LogP contribution in [0.4, 0.5) is 4.39 Å². The number of aromatic nitrogens is 1. The summed E-state index contributed by atoms with van der Waals surface area (Å²) in [6, 6.07) is 9.07. The fourth-order valence-corrected chi connectivity index (χ4v) is 2.62. The Morgan fingerprint density at radius 1 is 1.08 bits per heavy atom. The molecule has 1 aliphatic heterocycles. The monoisotopic (exact) mass is 329 g/mol. The van der Waals surface area contributed by atoms with E-state index in [0.717, 1.165) is 32.6 Å². The minimum absolute atomic E-state index is 0.00821. The van der Waals surface area contributed by atoms with Gasteiger partial charge in [0.25, 0.3) is 5.91 Å². The van der Waals surface area contributed by atoms with Crippen LogP contribution in [-0.4, -0.2) is 53.9 Å². The number of nitrogens with zero attached hydrogens (tertiary/aromatic N) is 3. The van der Waals surface area contributed by atoms with Crippen molar-refractivity contribution in [3.8, 4) is 11.6 Å². The second-order valence-corrected chi connectivity index (χ2v) is 5.89. The predicted octanol–water partition coefficient (Wildman–Crippen LogP) is 2.79. The first kappa shape index (κ1) is 16.4. The van der Waals surface area contributed by atoms with E-state index in [1.165, 1.54) is 30.5 Å². The summed E-state index contributed by atoms with van der Waals surface area (Å²) >= 11 is 0. The predicted molar refractivity (Wildman–Crippen MR) is 88.7 cm³/mol. The molecule has 0 N–H and O–H groups in total. The van der Waals surface area contributed by atoms with E-state index in [0.29, 0.717) is 17.2 Å². The molecule has 1 aromatic heterocycles. The maximum absolute atomic E-state index is 12.9. The van der Waals surface area contributed by atoms with Crippen LogP contribution in [-0.2, 0) is 0 Å². The van der Waals surface area contributed by atoms with Crippen molar-refractivity contribution in [2.75, 3.05) is 33.2 Å². The van der Waals surface area contributed by atoms with Gasteiger partial charge in [-0.15, -0.1) is 0 Å². The third-order valence-corrected chi connectivity index (χ3v) is 4.03. The Kier molecular flexibility index (Phi) is 5.05. The van der Waals surface area contributed by atoms with E-state index in [-0.39, 0.29) is 11.7 Å². The topological polar surface area (TPSA) is 45.7 Å². The van der Waals surface area contributed by atoms with Crippen molar-refractivity contribution in [1.29, 1.82) is 0 Å². The summed E-state index contributed by atoms with van der Waals surface area (Å²) in [4.78, 5) is 20.8. The molecule has 1 aromatic carbocycles. The first-order valence-corrected chi connectivity index (χ1v) is 7.99. The summed E-state index contributed by atoms with van der Waals surface area (Å²) in [5.41, 5.74) is 0.547. The number of carbonyl (C=O) groups is 1. The average Bonchev–Trinajstić information content (AvgIpc) is 2.82. The van der Waals surface area contributed by atoms with Crippen LogP contribution < -0.4 is 4.74 Å². The number of pyridine rings is 1. The molecule has 0 saturated carbocycles. The lowest BCUT2D eigenvalue weighted by molar-refractivity contribution is 0.0762. The van der Waals surface area contributed by atoms with Crippen molar-refractivity contribution in [2.24, 2.45) is 0 Å². The molecule has 5 nitrogen and oxygen atoms in total. The summed E-state index contributed by atoms with van der Waals surface area (Å²) in [6.07, 6.45) is 2.50. The van der Waals surface area contributed by atoms with E-state index in [4.69, 9.17) is 4.74 Å². The van der Waals surface area contributed by atoms with Crippen LogP contribution in [0, 0.1) is 5.82 Å². The summed E-state index contributed by atoms with van der Waals surface area (Å²) < 4.78 is 18.4. The Morgan fingerprint density at radius 2 is 1.88 bits per heavy atom. The molecule has 0 bridgehead atoms.